The maximum atomic E-state index is 11.8. The second-order valence-electron chi connectivity index (χ2n) is 6.54. The van der Waals surface area contributed by atoms with E-state index in [-0.39, 0.29) is 17.2 Å². The van der Waals surface area contributed by atoms with Gasteiger partial charge in [0.2, 0.25) is 5.89 Å². The number of methoxy groups -OCH3 is 1. The maximum Gasteiger partial charge on any atom is 0.337 e. The molecule has 1 aromatic carbocycles. The SMILES string of the molecule is COC(=O)c1ccc([N+](=O)[O-])c(N2CCC(c3nc(N(C)C)no3)CC2)c1. The number of hydrogen-bond donors (Lipinski definition) is 0. The monoisotopic (exact) mass is 375 g/mol. The van der Waals surface area contributed by atoms with Crippen LogP contribution in [0.25, 0.3) is 0 Å². The summed E-state index contributed by atoms with van der Waals surface area (Å²) in [7, 11) is 4.95. The van der Waals surface area contributed by atoms with Crippen LogP contribution >= 0.6 is 0 Å². The van der Waals surface area contributed by atoms with Crippen LogP contribution in [0.3, 0.4) is 0 Å². The first kappa shape index (κ1) is 18.6. The zero-order chi connectivity index (χ0) is 19.6. The largest absolute Gasteiger partial charge is 0.465 e. The number of aromatic nitrogens is 2. The smallest absolute Gasteiger partial charge is 0.337 e. The highest BCUT2D eigenvalue weighted by Crippen LogP contribution is 2.35. The molecule has 1 saturated heterocycles. The third-order valence-electron chi connectivity index (χ3n) is 4.61. The van der Waals surface area contributed by atoms with Gasteiger partial charge in [0.25, 0.3) is 11.6 Å². The van der Waals surface area contributed by atoms with Crippen molar-refractivity contribution in [2.75, 3.05) is 44.1 Å². The summed E-state index contributed by atoms with van der Waals surface area (Å²) in [5.41, 5.74) is 0.669. The average Bonchev–Trinajstić information content (AvgIpc) is 3.17. The Morgan fingerprint density at radius 3 is 2.63 bits per heavy atom. The Bertz CT molecular complexity index is 842. The van der Waals surface area contributed by atoms with Crippen molar-refractivity contribution in [1.82, 2.24) is 10.1 Å². The lowest BCUT2D eigenvalue weighted by molar-refractivity contribution is -0.384. The molecule has 1 aliphatic rings. The van der Waals surface area contributed by atoms with Crippen LogP contribution in [0.15, 0.2) is 22.7 Å². The number of anilines is 2. The van der Waals surface area contributed by atoms with Crippen molar-refractivity contribution in [2.45, 2.75) is 18.8 Å². The minimum Gasteiger partial charge on any atom is -0.465 e. The van der Waals surface area contributed by atoms with Crippen LogP contribution in [-0.4, -0.2) is 55.3 Å². The Balaban J connectivity index is 1.78. The molecule has 0 aliphatic carbocycles. The molecule has 1 aromatic heterocycles. The number of hydrogen-bond acceptors (Lipinski definition) is 9. The van der Waals surface area contributed by atoms with E-state index in [1.54, 1.807) is 4.90 Å². The summed E-state index contributed by atoms with van der Waals surface area (Å²) in [5, 5.41) is 15.3. The summed E-state index contributed by atoms with van der Waals surface area (Å²) in [6.45, 7) is 1.16. The number of benzene rings is 1. The highest BCUT2D eigenvalue weighted by Gasteiger charge is 2.29. The van der Waals surface area contributed by atoms with Crippen molar-refractivity contribution < 1.29 is 19.0 Å². The number of rotatable bonds is 5. The van der Waals surface area contributed by atoms with Gasteiger partial charge in [0.1, 0.15) is 5.69 Å². The molecular formula is C17H21N5O5. The fourth-order valence-electron chi connectivity index (χ4n) is 3.12. The van der Waals surface area contributed by atoms with Crippen LogP contribution < -0.4 is 9.80 Å². The van der Waals surface area contributed by atoms with E-state index in [0.717, 1.165) is 0 Å². The minimum atomic E-state index is -0.525. The number of nitro benzene ring substituents is 1. The summed E-state index contributed by atoms with van der Waals surface area (Å²) in [4.78, 5) is 30.8. The molecule has 3 rings (SSSR count). The van der Waals surface area contributed by atoms with Gasteiger partial charge in [-0.3, -0.25) is 10.1 Å². The van der Waals surface area contributed by atoms with Crippen LogP contribution in [0.4, 0.5) is 17.3 Å². The molecule has 0 bridgehead atoms. The second kappa shape index (κ2) is 7.60. The summed E-state index contributed by atoms with van der Waals surface area (Å²) < 4.78 is 10.1. The van der Waals surface area contributed by atoms with Gasteiger partial charge in [-0.2, -0.15) is 4.98 Å². The number of carbonyl (C=O) groups excluding carboxylic acids is 1. The molecule has 10 heteroatoms. The molecule has 0 spiro atoms. The molecule has 0 amide bonds. The van der Waals surface area contributed by atoms with Crippen LogP contribution in [0, 0.1) is 10.1 Å². The molecule has 0 unspecified atom stereocenters. The second-order valence-corrected chi connectivity index (χ2v) is 6.54. The lowest BCUT2D eigenvalue weighted by Gasteiger charge is -2.31. The molecule has 0 saturated carbocycles. The van der Waals surface area contributed by atoms with E-state index >= 15 is 0 Å². The Morgan fingerprint density at radius 2 is 2.07 bits per heavy atom. The van der Waals surface area contributed by atoms with Crippen molar-refractivity contribution in [2.24, 2.45) is 0 Å². The molecule has 10 nitrogen and oxygen atoms in total. The van der Waals surface area contributed by atoms with E-state index in [0.29, 0.717) is 43.5 Å². The van der Waals surface area contributed by atoms with Gasteiger partial charge in [-0.15, -0.1) is 0 Å². The zero-order valence-corrected chi connectivity index (χ0v) is 15.4. The average molecular weight is 375 g/mol. The van der Waals surface area contributed by atoms with E-state index < -0.39 is 10.9 Å². The minimum absolute atomic E-state index is 0.0335. The van der Waals surface area contributed by atoms with Crippen LogP contribution in [0.1, 0.15) is 35.0 Å². The first-order valence-electron chi connectivity index (χ1n) is 8.53. The number of nitro groups is 1. The normalized spacial score (nSPS) is 14.9. The Labute approximate surface area is 155 Å². The van der Waals surface area contributed by atoms with Crippen molar-refractivity contribution in [3.05, 3.63) is 39.8 Å². The van der Waals surface area contributed by atoms with Gasteiger partial charge in [0.15, 0.2) is 0 Å². The fraction of sp³-hybridized carbons (Fsp3) is 0.471. The molecule has 2 aromatic rings. The van der Waals surface area contributed by atoms with Crippen molar-refractivity contribution in [1.29, 1.82) is 0 Å². The van der Waals surface area contributed by atoms with Crippen molar-refractivity contribution >= 4 is 23.3 Å². The highest BCUT2D eigenvalue weighted by molar-refractivity contribution is 5.91. The van der Waals surface area contributed by atoms with Crippen LogP contribution in [-0.2, 0) is 4.74 Å². The van der Waals surface area contributed by atoms with E-state index in [1.165, 1.54) is 25.3 Å². The predicted molar refractivity (Wildman–Crippen MR) is 97.2 cm³/mol. The van der Waals surface area contributed by atoms with Gasteiger partial charge in [-0.25, -0.2) is 4.79 Å². The summed E-state index contributed by atoms with van der Waals surface area (Å²) in [6.07, 6.45) is 1.43. The molecule has 27 heavy (non-hydrogen) atoms. The lowest BCUT2D eigenvalue weighted by atomic mass is 9.96. The van der Waals surface area contributed by atoms with Gasteiger partial charge < -0.3 is 19.1 Å². The number of esters is 1. The Kier molecular flexibility index (Phi) is 5.24. The molecule has 2 heterocycles. The summed E-state index contributed by atoms with van der Waals surface area (Å²) in [6, 6.07) is 4.26. The van der Waals surface area contributed by atoms with Gasteiger partial charge in [0.05, 0.1) is 17.6 Å². The van der Waals surface area contributed by atoms with E-state index in [1.807, 2.05) is 19.0 Å². The summed E-state index contributed by atoms with van der Waals surface area (Å²) >= 11 is 0. The molecule has 0 atom stereocenters. The Morgan fingerprint density at radius 1 is 1.37 bits per heavy atom. The third-order valence-corrected chi connectivity index (χ3v) is 4.61. The highest BCUT2D eigenvalue weighted by atomic mass is 16.6. The van der Waals surface area contributed by atoms with E-state index in [4.69, 9.17) is 9.26 Å². The van der Waals surface area contributed by atoms with Gasteiger partial charge in [-0.1, -0.05) is 0 Å². The standard InChI is InChI=1S/C17H21N5O5/c1-20(2)17-18-15(27-19-17)11-6-8-21(9-7-11)14-10-12(16(23)26-3)4-5-13(14)22(24)25/h4-5,10-11H,6-9H2,1-3H3. The predicted octanol–water partition coefficient (Wildman–Crippen LogP) is 2.21. The Hall–Kier alpha value is -3.17. The maximum absolute atomic E-state index is 11.8. The van der Waals surface area contributed by atoms with Crippen molar-refractivity contribution in [3.63, 3.8) is 0 Å². The molecule has 144 valence electrons. The number of carbonyl (C=O) groups is 1. The van der Waals surface area contributed by atoms with Crippen LogP contribution in [0.2, 0.25) is 0 Å². The fourth-order valence-corrected chi connectivity index (χ4v) is 3.12. The number of nitrogens with zero attached hydrogens (tertiary/aromatic N) is 5. The first-order valence-corrected chi connectivity index (χ1v) is 8.53. The van der Waals surface area contributed by atoms with Gasteiger partial charge in [0, 0.05) is 39.2 Å². The van der Waals surface area contributed by atoms with Gasteiger partial charge >= 0.3 is 5.97 Å². The number of piperidine rings is 1. The molecule has 0 radical (unpaired) electrons. The quantitative estimate of drug-likeness (QED) is 0.440. The van der Waals surface area contributed by atoms with Crippen LogP contribution in [0.5, 0.6) is 0 Å². The molecule has 0 N–H and O–H groups in total. The van der Waals surface area contributed by atoms with Gasteiger partial charge in [-0.05, 0) is 30.1 Å². The topological polar surface area (TPSA) is 115 Å². The first-order chi connectivity index (χ1) is 12.9. The third kappa shape index (κ3) is 3.83. The van der Waals surface area contributed by atoms with E-state index in [9.17, 15) is 14.9 Å². The van der Waals surface area contributed by atoms with E-state index in [2.05, 4.69) is 10.1 Å². The van der Waals surface area contributed by atoms with Crippen molar-refractivity contribution in [3.8, 4) is 0 Å². The zero-order valence-electron chi connectivity index (χ0n) is 15.4. The lowest BCUT2D eigenvalue weighted by Crippen LogP contribution is -2.33. The molecule has 1 aliphatic heterocycles. The molecular weight excluding hydrogens is 354 g/mol. The molecule has 1 fully saturated rings. The number of ether oxygens (including phenoxy) is 1. The summed E-state index contributed by atoms with van der Waals surface area (Å²) in [5.74, 6) is 0.679.